The molecule has 0 heterocycles. The second-order valence-electron chi connectivity index (χ2n) is 3.99. The summed E-state index contributed by atoms with van der Waals surface area (Å²) < 4.78 is 0.947. The fraction of sp³-hybridized carbons (Fsp3) is 0.333. The predicted octanol–water partition coefficient (Wildman–Crippen LogP) is 1.71. The van der Waals surface area contributed by atoms with Crippen LogP contribution >= 0.6 is 15.9 Å². The normalized spacial score (nSPS) is 11.7. The minimum Gasteiger partial charge on any atom is -0.479 e. The Morgan fingerprint density at radius 2 is 2.11 bits per heavy atom. The van der Waals surface area contributed by atoms with Crippen molar-refractivity contribution in [2.24, 2.45) is 0 Å². The van der Waals surface area contributed by atoms with Gasteiger partial charge in [-0.1, -0.05) is 15.9 Å². The van der Waals surface area contributed by atoms with E-state index in [2.05, 4.69) is 26.6 Å². The molecule has 2 amide bonds. The first-order chi connectivity index (χ1) is 8.90. The molecule has 0 aliphatic rings. The van der Waals surface area contributed by atoms with E-state index in [1.54, 1.807) is 12.1 Å². The maximum absolute atomic E-state index is 11.5. The van der Waals surface area contributed by atoms with Gasteiger partial charge in [0.15, 0.2) is 6.10 Å². The Kier molecular flexibility index (Phi) is 5.78. The number of urea groups is 1. The number of carboxylic acids is 1. The Labute approximate surface area is 118 Å². The Hall–Kier alpha value is -1.60. The molecule has 4 N–H and O–H groups in total. The lowest BCUT2D eigenvalue weighted by molar-refractivity contribution is -0.146. The first-order valence-electron chi connectivity index (χ1n) is 5.62. The molecule has 1 aromatic carbocycles. The predicted molar refractivity (Wildman–Crippen MR) is 74.2 cm³/mol. The van der Waals surface area contributed by atoms with Crippen LogP contribution in [0.4, 0.5) is 10.5 Å². The highest BCUT2D eigenvalue weighted by atomic mass is 79.9. The minimum atomic E-state index is -1.46. The van der Waals surface area contributed by atoms with E-state index in [-0.39, 0.29) is 13.0 Å². The number of benzene rings is 1. The molecule has 1 rings (SSSR count). The molecular weight excluding hydrogens is 316 g/mol. The molecular formula is C12H15BrN2O4. The summed E-state index contributed by atoms with van der Waals surface area (Å²) in [6.07, 6.45) is -1.50. The minimum absolute atomic E-state index is 0.0396. The quantitative estimate of drug-likeness (QED) is 0.660. The summed E-state index contributed by atoms with van der Waals surface area (Å²) in [4.78, 5) is 21.8. The van der Waals surface area contributed by atoms with E-state index in [0.717, 1.165) is 10.0 Å². The zero-order valence-corrected chi connectivity index (χ0v) is 11.9. The molecule has 6 nitrogen and oxygen atoms in total. The zero-order valence-electron chi connectivity index (χ0n) is 10.3. The van der Waals surface area contributed by atoms with Crippen LogP contribution in [0.25, 0.3) is 0 Å². The van der Waals surface area contributed by atoms with E-state index < -0.39 is 18.1 Å². The van der Waals surface area contributed by atoms with Crippen LogP contribution in [0.2, 0.25) is 0 Å². The third kappa shape index (κ3) is 5.27. The highest BCUT2D eigenvalue weighted by Crippen LogP contribution is 2.19. The van der Waals surface area contributed by atoms with Gasteiger partial charge in [0.05, 0.1) is 0 Å². The number of carbonyl (C=O) groups excluding carboxylic acids is 1. The summed E-state index contributed by atoms with van der Waals surface area (Å²) in [6.45, 7) is 1.98. The van der Waals surface area contributed by atoms with Gasteiger partial charge >= 0.3 is 12.0 Å². The number of hydrogen-bond donors (Lipinski definition) is 4. The number of aliphatic carboxylic acids is 1. The van der Waals surface area contributed by atoms with Crippen molar-refractivity contribution >= 4 is 33.6 Å². The van der Waals surface area contributed by atoms with Crippen molar-refractivity contribution in [3.8, 4) is 0 Å². The first kappa shape index (κ1) is 15.5. The van der Waals surface area contributed by atoms with Gasteiger partial charge in [-0.05, 0) is 30.7 Å². The summed E-state index contributed by atoms with van der Waals surface area (Å²) in [7, 11) is 0. The molecule has 1 atom stereocenters. The first-order valence-corrected chi connectivity index (χ1v) is 6.41. The third-order valence-electron chi connectivity index (χ3n) is 2.40. The molecule has 0 saturated carbocycles. The molecule has 0 aliphatic heterocycles. The number of carbonyl (C=O) groups is 2. The van der Waals surface area contributed by atoms with Crippen molar-refractivity contribution in [1.29, 1.82) is 0 Å². The Morgan fingerprint density at radius 1 is 1.42 bits per heavy atom. The van der Waals surface area contributed by atoms with Crippen LogP contribution in [-0.4, -0.2) is 34.9 Å². The van der Waals surface area contributed by atoms with E-state index in [9.17, 15) is 9.59 Å². The summed E-state index contributed by atoms with van der Waals surface area (Å²) in [5.41, 5.74) is 1.62. The molecule has 1 aromatic rings. The molecule has 0 bridgehead atoms. The van der Waals surface area contributed by atoms with Gasteiger partial charge in [0.1, 0.15) is 0 Å². The van der Waals surface area contributed by atoms with Gasteiger partial charge in [0.2, 0.25) is 0 Å². The maximum Gasteiger partial charge on any atom is 0.332 e. The molecule has 0 saturated heterocycles. The molecule has 19 heavy (non-hydrogen) atoms. The number of aryl methyl sites for hydroxylation is 1. The number of carboxylic acid groups (broad SMARTS) is 1. The van der Waals surface area contributed by atoms with Crippen LogP contribution in [-0.2, 0) is 4.79 Å². The number of rotatable bonds is 5. The molecule has 7 heteroatoms. The van der Waals surface area contributed by atoms with E-state index >= 15 is 0 Å². The van der Waals surface area contributed by atoms with Crippen LogP contribution in [0.1, 0.15) is 12.0 Å². The lowest BCUT2D eigenvalue weighted by Crippen LogP contribution is -2.33. The van der Waals surface area contributed by atoms with Crippen LogP contribution in [0.5, 0.6) is 0 Å². The van der Waals surface area contributed by atoms with Crippen molar-refractivity contribution in [2.75, 3.05) is 11.9 Å². The van der Waals surface area contributed by atoms with Gasteiger partial charge in [0.25, 0.3) is 0 Å². The molecule has 0 fully saturated rings. The lowest BCUT2D eigenvalue weighted by atomic mass is 10.2. The fourth-order valence-corrected chi connectivity index (χ4v) is 1.59. The number of aliphatic hydroxyl groups excluding tert-OH is 1. The summed E-state index contributed by atoms with van der Waals surface area (Å²) in [5.74, 6) is -1.30. The summed E-state index contributed by atoms with van der Waals surface area (Å²) in [5, 5.41) is 22.6. The van der Waals surface area contributed by atoms with Gasteiger partial charge in [-0.15, -0.1) is 0 Å². The van der Waals surface area contributed by atoms with E-state index in [1.807, 2.05) is 13.0 Å². The second-order valence-corrected chi connectivity index (χ2v) is 4.84. The van der Waals surface area contributed by atoms with Crippen LogP contribution in [0.15, 0.2) is 22.7 Å². The molecule has 0 aliphatic carbocycles. The fourth-order valence-electron chi connectivity index (χ4n) is 1.34. The highest BCUT2D eigenvalue weighted by Gasteiger charge is 2.12. The average Bonchev–Trinajstić information content (AvgIpc) is 2.33. The lowest BCUT2D eigenvalue weighted by Gasteiger charge is -2.09. The van der Waals surface area contributed by atoms with Crippen LogP contribution < -0.4 is 10.6 Å². The van der Waals surface area contributed by atoms with E-state index in [1.165, 1.54) is 0 Å². The van der Waals surface area contributed by atoms with Gasteiger partial charge in [-0.25, -0.2) is 9.59 Å². The number of aliphatic hydroxyl groups is 1. The van der Waals surface area contributed by atoms with E-state index in [0.29, 0.717) is 5.69 Å². The molecule has 0 unspecified atom stereocenters. The smallest absolute Gasteiger partial charge is 0.332 e. The topological polar surface area (TPSA) is 98.7 Å². The standard InChI is InChI=1S/C12H15BrN2O4/c1-7-6-8(2-3-9(7)13)15-12(19)14-5-4-10(16)11(17)18/h2-3,6,10,16H,4-5H2,1H3,(H,17,18)(H2,14,15,19)/t10-/m0/s1. The molecule has 0 spiro atoms. The second kappa shape index (κ2) is 7.10. The van der Waals surface area contributed by atoms with Gasteiger partial charge in [-0.3, -0.25) is 0 Å². The monoisotopic (exact) mass is 330 g/mol. The molecule has 0 aromatic heterocycles. The average molecular weight is 331 g/mol. The summed E-state index contributed by atoms with van der Waals surface area (Å²) >= 11 is 3.36. The Bertz CT molecular complexity index is 479. The number of halogens is 1. The van der Waals surface area contributed by atoms with Crippen molar-refractivity contribution < 1.29 is 19.8 Å². The number of anilines is 1. The van der Waals surface area contributed by atoms with Gasteiger partial charge < -0.3 is 20.8 Å². The highest BCUT2D eigenvalue weighted by molar-refractivity contribution is 9.10. The SMILES string of the molecule is Cc1cc(NC(=O)NCC[C@H](O)C(=O)O)ccc1Br. The number of nitrogens with one attached hydrogen (secondary N) is 2. The Morgan fingerprint density at radius 3 is 2.68 bits per heavy atom. The van der Waals surface area contributed by atoms with Crippen molar-refractivity contribution in [3.63, 3.8) is 0 Å². The summed E-state index contributed by atoms with van der Waals surface area (Å²) in [6, 6.07) is 4.91. The Balaban J connectivity index is 2.39. The van der Waals surface area contributed by atoms with Gasteiger partial charge in [-0.2, -0.15) is 0 Å². The zero-order chi connectivity index (χ0) is 14.4. The van der Waals surface area contributed by atoms with Crippen molar-refractivity contribution in [1.82, 2.24) is 5.32 Å². The van der Waals surface area contributed by atoms with Crippen molar-refractivity contribution in [3.05, 3.63) is 28.2 Å². The maximum atomic E-state index is 11.5. The largest absolute Gasteiger partial charge is 0.479 e. The third-order valence-corrected chi connectivity index (χ3v) is 3.29. The van der Waals surface area contributed by atoms with E-state index in [4.69, 9.17) is 10.2 Å². The number of amides is 2. The van der Waals surface area contributed by atoms with Gasteiger partial charge in [0, 0.05) is 23.1 Å². The number of hydrogen-bond acceptors (Lipinski definition) is 3. The molecule has 0 radical (unpaired) electrons. The van der Waals surface area contributed by atoms with Crippen LogP contribution in [0.3, 0.4) is 0 Å². The molecule has 104 valence electrons. The van der Waals surface area contributed by atoms with Crippen molar-refractivity contribution in [2.45, 2.75) is 19.4 Å². The van der Waals surface area contributed by atoms with Crippen LogP contribution in [0, 0.1) is 6.92 Å².